The van der Waals surface area contributed by atoms with Crippen molar-refractivity contribution in [1.82, 2.24) is 5.32 Å². The molecule has 0 fully saturated rings. The number of ether oxygens (including phenoxy) is 1. The molecular formula is C60H113NO5. The van der Waals surface area contributed by atoms with Crippen molar-refractivity contribution in [2.45, 2.75) is 321 Å². The van der Waals surface area contributed by atoms with E-state index in [0.29, 0.717) is 25.9 Å². The van der Waals surface area contributed by atoms with Gasteiger partial charge in [0.2, 0.25) is 5.91 Å². The normalized spacial score (nSPS) is 12.8. The molecule has 1 amide bonds. The van der Waals surface area contributed by atoms with Crippen LogP contribution in [0.25, 0.3) is 0 Å². The molecule has 0 aliphatic rings. The summed E-state index contributed by atoms with van der Waals surface area (Å²) in [4.78, 5) is 24.5. The van der Waals surface area contributed by atoms with Crippen LogP contribution in [-0.2, 0) is 14.3 Å². The zero-order valence-corrected chi connectivity index (χ0v) is 44.2. The van der Waals surface area contributed by atoms with Crippen molar-refractivity contribution >= 4 is 11.9 Å². The standard InChI is InChI=1S/C60H113NO5/c1-3-5-7-9-11-13-15-17-25-30-34-38-42-46-50-54-60(65)66-55-51-47-43-39-35-31-27-24-22-20-18-19-21-23-26-29-33-37-41-45-49-53-59(64)61-57(56-62)58(63)52-48-44-40-36-32-28-16-14-12-10-8-6-4-2/h17,25,31,35,43,47,57-58,62-63H,3-16,18-24,26-30,32-34,36-42,44-46,48-56H2,1-2H3,(H,61,64)/b25-17-,35-31-,47-43-. The minimum atomic E-state index is -0.667. The van der Waals surface area contributed by atoms with Crippen molar-refractivity contribution in [3.8, 4) is 0 Å². The van der Waals surface area contributed by atoms with Crippen LogP contribution < -0.4 is 5.32 Å². The number of rotatable bonds is 54. The van der Waals surface area contributed by atoms with Crippen LogP contribution in [0.2, 0.25) is 0 Å². The average molecular weight is 929 g/mol. The van der Waals surface area contributed by atoms with Gasteiger partial charge < -0.3 is 20.3 Å². The van der Waals surface area contributed by atoms with Crippen molar-refractivity contribution in [2.24, 2.45) is 0 Å². The second-order valence-electron chi connectivity index (χ2n) is 20.0. The van der Waals surface area contributed by atoms with E-state index in [9.17, 15) is 19.8 Å². The van der Waals surface area contributed by atoms with E-state index >= 15 is 0 Å². The van der Waals surface area contributed by atoms with E-state index in [1.165, 1.54) is 225 Å². The SMILES string of the molecule is CCCCCCCC/C=C\CCCCCCCC(=O)OCC/C=C\C/C=C\CCCCCCCCCCCCCCCCC(=O)NC(CO)C(O)CCCCCCCCCCCCCCC. The highest BCUT2D eigenvalue weighted by atomic mass is 16.5. The molecule has 6 nitrogen and oxygen atoms in total. The molecule has 0 aromatic rings. The van der Waals surface area contributed by atoms with E-state index in [4.69, 9.17) is 4.74 Å². The van der Waals surface area contributed by atoms with Crippen LogP contribution in [-0.4, -0.2) is 47.4 Å². The number of hydrogen-bond acceptors (Lipinski definition) is 5. The molecule has 0 heterocycles. The number of amides is 1. The maximum atomic E-state index is 12.5. The van der Waals surface area contributed by atoms with Gasteiger partial charge in [0, 0.05) is 12.8 Å². The lowest BCUT2D eigenvalue weighted by molar-refractivity contribution is -0.143. The number of esters is 1. The molecule has 0 saturated heterocycles. The molecule has 2 atom stereocenters. The van der Waals surface area contributed by atoms with Crippen molar-refractivity contribution in [1.29, 1.82) is 0 Å². The predicted molar refractivity (Wildman–Crippen MR) is 287 cm³/mol. The Balaban J connectivity index is 3.45. The summed E-state index contributed by atoms with van der Waals surface area (Å²) in [5.41, 5.74) is 0. The number of carbonyl (C=O) groups is 2. The van der Waals surface area contributed by atoms with Crippen LogP contribution in [0.3, 0.4) is 0 Å². The van der Waals surface area contributed by atoms with Gasteiger partial charge in [-0.3, -0.25) is 9.59 Å². The van der Waals surface area contributed by atoms with Crippen molar-refractivity contribution in [3.05, 3.63) is 36.5 Å². The fourth-order valence-corrected chi connectivity index (χ4v) is 8.94. The fourth-order valence-electron chi connectivity index (χ4n) is 8.94. The lowest BCUT2D eigenvalue weighted by Crippen LogP contribution is -2.45. The van der Waals surface area contributed by atoms with Gasteiger partial charge >= 0.3 is 5.97 Å². The van der Waals surface area contributed by atoms with Gasteiger partial charge in [0.15, 0.2) is 0 Å². The van der Waals surface area contributed by atoms with E-state index in [1.54, 1.807) is 0 Å². The van der Waals surface area contributed by atoms with E-state index in [1.807, 2.05) is 0 Å². The summed E-state index contributed by atoms with van der Waals surface area (Å²) in [6.07, 6.45) is 68.7. The number of hydrogen-bond donors (Lipinski definition) is 3. The van der Waals surface area contributed by atoms with Crippen LogP contribution in [0.5, 0.6) is 0 Å². The highest BCUT2D eigenvalue weighted by Crippen LogP contribution is 2.17. The quantitative estimate of drug-likeness (QED) is 0.0321. The van der Waals surface area contributed by atoms with E-state index < -0.39 is 12.1 Å². The summed E-state index contributed by atoms with van der Waals surface area (Å²) in [5, 5.41) is 23.2. The summed E-state index contributed by atoms with van der Waals surface area (Å²) >= 11 is 0. The lowest BCUT2D eigenvalue weighted by atomic mass is 10.0. The molecule has 0 spiro atoms. The molecule has 0 aliphatic carbocycles. The Kier molecular flexibility index (Phi) is 54.1. The van der Waals surface area contributed by atoms with Gasteiger partial charge in [0.25, 0.3) is 0 Å². The molecule has 3 N–H and O–H groups in total. The summed E-state index contributed by atoms with van der Waals surface area (Å²) in [6, 6.07) is -0.545. The van der Waals surface area contributed by atoms with Gasteiger partial charge in [-0.15, -0.1) is 0 Å². The summed E-state index contributed by atoms with van der Waals surface area (Å²) in [6.45, 7) is 4.84. The van der Waals surface area contributed by atoms with Gasteiger partial charge in [-0.05, 0) is 70.6 Å². The smallest absolute Gasteiger partial charge is 0.305 e. The molecule has 0 aliphatic heterocycles. The predicted octanol–water partition coefficient (Wildman–Crippen LogP) is 18.0. The summed E-state index contributed by atoms with van der Waals surface area (Å²) in [5.74, 6) is -0.0830. The van der Waals surface area contributed by atoms with Crippen molar-refractivity contribution in [2.75, 3.05) is 13.2 Å². The van der Waals surface area contributed by atoms with Gasteiger partial charge in [-0.1, -0.05) is 262 Å². The topological polar surface area (TPSA) is 95.9 Å². The van der Waals surface area contributed by atoms with Crippen LogP contribution in [0.15, 0.2) is 36.5 Å². The van der Waals surface area contributed by atoms with Gasteiger partial charge in [0.05, 0.1) is 25.4 Å². The van der Waals surface area contributed by atoms with Gasteiger partial charge in [-0.2, -0.15) is 0 Å². The highest BCUT2D eigenvalue weighted by molar-refractivity contribution is 5.76. The molecule has 2 unspecified atom stereocenters. The fraction of sp³-hybridized carbons (Fsp3) is 0.867. The third kappa shape index (κ3) is 51.5. The zero-order valence-electron chi connectivity index (χ0n) is 44.2. The molecular weight excluding hydrogens is 815 g/mol. The first-order valence-electron chi connectivity index (χ1n) is 29.2. The number of aliphatic hydroxyl groups is 2. The van der Waals surface area contributed by atoms with Crippen molar-refractivity contribution < 1.29 is 24.5 Å². The molecule has 0 bridgehead atoms. The maximum Gasteiger partial charge on any atom is 0.305 e. The number of allylic oxidation sites excluding steroid dienone is 5. The maximum absolute atomic E-state index is 12.5. The summed E-state index contributed by atoms with van der Waals surface area (Å²) < 4.78 is 5.41. The third-order valence-electron chi connectivity index (χ3n) is 13.4. The Bertz CT molecular complexity index is 1070. The second-order valence-corrected chi connectivity index (χ2v) is 20.0. The average Bonchev–Trinajstić information content (AvgIpc) is 3.32. The first-order chi connectivity index (χ1) is 32.5. The Morgan fingerprint density at radius 2 is 0.758 bits per heavy atom. The lowest BCUT2D eigenvalue weighted by Gasteiger charge is -2.22. The van der Waals surface area contributed by atoms with Gasteiger partial charge in [0.1, 0.15) is 0 Å². The Morgan fingerprint density at radius 1 is 0.424 bits per heavy atom. The van der Waals surface area contributed by atoms with E-state index in [0.717, 1.165) is 51.4 Å². The molecule has 0 radical (unpaired) electrons. The van der Waals surface area contributed by atoms with Crippen LogP contribution in [0, 0.1) is 0 Å². The van der Waals surface area contributed by atoms with Crippen LogP contribution >= 0.6 is 0 Å². The molecule has 6 heteroatoms. The van der Waals surface area contributed by atoms with E-state index in [2.05, 4.69) is 55.6 Å². The monoisotopic (exact) mass is 928 g/mol. The molecule has 0 rings (SSSR count). The number of unbranched alkanes of at least 4 members (excludes halogenated alkanes) is 37. The molecule has 0 aromatic heterocycles. The molecule has 66 heavy (non-hydrogen) atoms. The zero-order chi connectivity index (χ0) is 47.9. The number of aliphatic hydroxyl groups excluding tert-OH is 2. The highest BCUT2D eigenvalue weighted by Gasteiger charge is 2.20. The molecule has 388 valence electrons. The molecule has 0 aromatic carbocycles. The minimum Gasteiger partial charge on any atom is -0.465 e. The Hall–Kier alpha value is -1.92. The minimum absolute atomic E-state index is 0.0397. The number of nitrogens with one attached hydrogen (secondary N) is 1. The Labute approximate surface area is 411 Å². The Morgan fingerprint density at radius 3 is 1.17 bits per heavy atom. The van der Waals surface area contributed by atoms with Crippen LogP contribution in [0.4, 0.5) is 0 Å². The third-order valence-corrected chi connectivity index (χ3v) is 13.4. The first-order valence-corrected chi connectivity index (χ1v) is 29.2. The second kappa shape index (κ2) is 55.7. The largest absolute Gasteiger partial charge is 0.465 e. The molecule has 0 saturated carbocycles. The number of carbonyl (C=O) groups excluding carboxylic acids is 2. The summed E-state index contributed by atoms with van der Waals surface area (Å²) in [7, 11) is 0. The van der Waals surface area contributed by atoms with Crippen LogP contribution in [0.1, 0.15) is 309 Å². The van der Waals surface area contributed by atoms with E-state index in [-0.39, 0.29) is 18.5 Å². The van der Waals surface area contributed by atoms with Gasteiger partial charge in [-0.25, -0.2) is 0 Å². The van der Waals surface area contributed by atoms with Crippen molar-refractivity contribution in [3.63, 3.8) is 0 Å². The first kappa shape index (κ1) is 64.1.